The molecule has 1 aromatic heterocycles. The lowest BCUT2D eigenvalue weighted by Gasteiger charge is -2.40. The summed E-state index contributed by atoms with van der Waals surface area (Å²) < 4.78 is 54.7. The van der Waals surface area contributed by atoms with Crippen molar-refractivity contribution in [1.82, 2.24) is 15.0 Å². The number of nitrogens with zero attached hydrogens (tertiary/aromatic N) is 3. The van der Waals surface area contributed by atoms with Gasteiger partial charge in [-0.25, -0.2) is 4.68 Å². The summed E-state index contributed by atoms with van der Waals surface area (Å²) in [6.07, 6.45) is -3.92. The second kappa shape index (κ2) is 5.70. The molecule has 1 aromatic carbocycles. The minimum Gasteiger partial charge on any atom is -0.399 e. The second-order valence-corrected chi connectivity index (χ2v) is 9.12. The van der Waals surface area contributed by atoms with Crippen molar-refractivity contribution in [1.29, 1.82) is 0 Å². The van der Waals surface area contributed by atoms with Crippen LogP contribution in [-0.2, 0) is 15.5 Å². The van der Waals surface area contributed by atoms with Crippen molar-refractivity contribution in [3.63, 3.8) is 0 Å². The first-order chi connectivity index (χ1) is 12.7. The maximum absolute atomic E-state index is 13.9. The lowest BCUT2D eigenvalue weighted by atomic mass is 9.76. The summed E-state index contributed by atoms with van der Waals surface area (Å²) in [6, 6.07) is 2.28. The molecule has 6 nitrogen and oxygen atoms in total. The number of rotatable bonds is 2. The van der Waals surface area contributed by atoms with E-state index in [9.17, 15) is 18.3 Å². The van der Waals surface area contributed by atoms with Crippen LogP contribution in [0.4, 0.5) is 13.2 Å². The third kappa shape index (κ3) is 3.02. The van der Waals surface area contributed by atoms with Crippen molar-refractivity contribution < 1.29 is 27.6 Å². The Balaban J connectivity index is 1.80. The molecule has 0 bridgehead atoms. The number of halogens is 3. The number of hydrogen-bond acceptors (Lipinski definition) is 5. The second-order valence-electron chi connectivity index (χ2n) is 9.12. The van der Waals surface area contributed by atoms with Crippen LogP contribution in [-0.4, -0.2) is 44.0 Å². The van der Waals surface area contributed by atoms with E-state index in [1.54, 1.807) is 6.92 Å². The number of hydrogen-bond donors (Lipinski definition) is 1. The molecule has 152 valence electrons. The molecule has 0 atom stereocenters. The predicted octanol–water partition coefficient (Wildman–Crippen LogP) is 2.84. The standard InChI is InChI=1S/C18H23BF3N3O3/c1-15(2)16(3,4)28-19(27-15)10-6-12(18(20,21)22)14-13(7-10)23-24-25(14)11-8-17(5,26)9-11/h6-7,11,26H,8-9H2,1-5H3. The lowest BCUT2D eigenvalue weighted by Crippen LogP contribution is -2.42. The smallest absolute Gasteiger partial charge is 0.399 e. The van der Waals surface area contributed by atoms with Crippen molar-refractivity contribution in [3.05, 3.63) is 17.7 Å². The van der Waals surface area contributed by atoms with Gasteiger partial charge < -0.3 is 14.4 Å². The van der Waals surface area contributed by atoms with Crippen LogP contribution >= 0.6 is 0 Å². The normalized spacial score (nSPS) is 29.3. The molecule has 1 aliphatic heterocycles. The molecule has 4 rings (SSSR count). The quantitative estimate of drug-likeness (QED) is 0.790. The molecule has 0 unspecified atom stereocenters. The molecule has 1 N–H and O–H groups in total. The van der Waals surface area contributed by atoms with Gasteiger partial charge in [0.1, 0.15) is 11.0 Å². The number of aromatic nitrogens is 3. The van der Waals surface area contributed by atoms with Gasteiger partial charge in [-0.3, -0.25) is 0 Å². The summed E-state index contributed by atoms with van der Waals surface area (Å²) >= 11 is 0. The average Bonchev–Trinajstić information content (AvgIpc) is 3.01. The van der Waals surface area contributed by atoms with Gasteiger partial charge in [0.25, 0.3) is 0 Å². The molecule has 10 heteroatoms. The van der Waals surface area contributed by atoms with Gasteiger partial charge in [0.2, 0.25) is 0 Å². The fraction of sp³-hybridized carbons (Fsp3) is 0.667. The van der Waals surface area contributed by atoms with Gasteiger partial charge in [0.15, 0.2) is 0 Å². The van der Waals surface area contributed by atoms with E-state index in [0.717, 1.165) is 6.07 Å². The van der Waals surface area contributed by atoms with E-state index in [1.165, 1.54) is 10.7 Å². The van der Waals surface area contributed by atoms with Crippen LogP contribution in [0, 0.1) is 0 Å². The predicted molar refractivity (Wildman–Crippen MR) is 97.1 cm³/mol. The Morgan fingerprint density at radius 1 is 1.11 bits per heavy atom. The van der Waals surface area contributed by atoms with Crippen molar-refractivity contribution in [3.8, 4) is 0 Å². The van der Waals surface area contributed by atoms with Crippen LogP contribution in [0.3, 0.4) is 0 Å². The molecule has 1 aliphatic carbocycles. The first-order valence-electron chi connectivity index (χ1n) is 9.24. The summed E-state index contributed by atoms with van der Waals surface area (Å²) in [5.74, 6) is 0. The zero-order chi connectivity index (χ0) is 20.7. The highest BCUT2D eigenvalue weighted by atomic mass is 19.4. The molecule has 2 heterocycles. The Morgan fingerprint density at radius 3 is 2.18 bits per heavy atom. The van der Waals surface area contributed by atoms with Crippen LogP contribution in [0.25, 0.3) is 11.0 Å². The van der Waals surface area contributed by atoms with Crippen LogP contribution in [0.15, 0.2) is 12.1 Å². The van der Waals surface area contributed by atoms with Gasteiger partial charge in [0, 0.05) is 0 Å². The van der Waals surface area contributed by atoms with E-state index in [2.05, 4.69) is 10.3 Å². The SMILES string of the molecule is CC1(O)CC(n2nnc3cc(B4OC(C)(C)C(C)(C)O4)cc(C(F)(F)F)c32)C1. The Kier molecular flexibility index (Phi) is 4.00. The number of alkyl halides is 3. The molecule has 2 aliphatic rings. The first kappa shape index (κ1) is 19.7. The van der Waals surface area contributed by atoms with Crippen LogP contribution in [0.5, 0.6) is 0 Å². The molecule has 2 aromatic rings. The van der Waals surface area contributed by atoms with E-state index in [4.69, 9.17) is 9.31 Å². The highest BCUT2D eigenvalue weighted by Gasteiger charge is 2.52. The summed E-state index contributed by atoms with van der Waals surface area (Å²) in [5.41, 5.74) is -2.73. The lowest BCUT2D eigenvalue weighted by molar-refractivity contribution is -0.136. The molecule has 28 heavy (non-hydrogen) atoms. The summed E-state index contributed by atoms with van der Waals surface area (Å²) in [4.78, 5) is 0. The minimum atomic E-state index is -4.59. The molecule has 0 spiro atoms. The summed E-state index contributed by atoms with van der Waals surface area (Å²) in [6.45, 7) is 9.03. The van der Waals surface area contributed by atoms with E-state index in [0.29, 0.717) is 12.8 Å². The average molecular weight is 397 g/mol. The largest absolute Gasteiger partial charge is 0.494 e. The molecule has 2 fully saturated rings. The Bertz CT molecular complexity index is 915. The highest BCUT2D eigenvalue weighted by Crippen LogP contribution is 2.44. The fourth-order valence-corrected chi connectivity index (χ4v) is 3.81. The molecule has 0 amide bonds. The Labute approximate surface area is 161 Å². The Hall–Kier alpha value is -1.65. The molecular formula is C18H23BF3N3O3. The number of benzene rings is 1. The van der Waals surface area contributed by atoms with Crippen molar-refractivity contribution in [2.24, 2.45) is 0 Å². The van der Waals surface area contributed by atoms with Gasteiger partial charge in [-0.2, -0.15) is 13.2 Å². The van der Waals surface area contributed by atoms with Crippen molar-refractivity contribution >= 4 is 23.6 Å². The number of aliphatic hydroxyl groups is 1. The fourth-order valence-electron chi connectivity index (χ4n) is 3.81. The first-order valence-corrected chi connectivity index (χ1v) is 9.24. The minimum absolute atomic E-state index is 0.0757. The maximum Gasteiger partial charge on any atom is 0.494 e. The van der Waals surface area contributed by atoms with Gasteiger partial charge in [-0.15, -0.1) is 5.10 Å². The zero-order valence-corrected chi connectivity index (χ0v) is 16.5. The van der Waals surface area contributed by atoms with Crippen LogP contribution < -0.4 is 5.46 Å². The molecule has 0 radical (unpaired) electrons. The maximum atomic E-state index is 13.9. The van der Waals surface area contributed by atoms with Gasteiger partial charge >= 0.3 is 13.3 Å². The number of fused-ring (bicyclic) bond motifs is 1. The van der Waals surface area contributed by atoms with Crippen LogP contribution in [0.2, 0.25) is 0 Å². The highest BCUT2D eigenvalue weighted by molar-refractivity contribution is 6.62. The van der Waals surface area contributed by atoms with Gasteiger partial charge in [-0.1, -0.05) is 5.21 Å². The third-order valence-corrected chi connectivity index (χ3v) is 6.12. The summed E-state index contributed by atoms with van der Waals surface area (Å²) in [5, 5.41) is 17.9. The van der Waals surface area contributed by atoms with Gasteiger partial charge in [0.05, 0.1) is 28.4 Å². The van der Waals surface area contributed by atoms with Crippen molar-refractivity contribution in [2.45, 2.75) is 76.5 Å². The van der Waals surface area contributed by atoms with E-state index < -0.39 is 35.7 Å². The Morgan fingerprint density at radius 2 is 1.68 bits per heavy atom. The molecule has 1 saturated heterocycles. The van der Waals surface area contributed by atoms with Crippen LogP contribution in [0.1, 0.15) is 59.1 Å². The van der Waals surface area contributed by atoms with Gasteiger partial charge in [-0.05, 0) is 65.1 Å². The van der Waals surface area contributed by atoms with Crippen molar-refractivity contribution in [2.75, 3.05) is 0 Å². The van der Waals surface area contributed by atoms with E-state index in [-0.39, 0.29) is 22.5 Å². The van der Waals surface area contributed by atoms with E-state index in [1.807, 2.05) is 27.7 Å². The zero-order valence-electron chi connectivity index (χ0n) is 16.5. The van der Waals surface area contributed by atoms with E-state index >= 15 is 0 Å². The molecular weight excluding hydrogens is 374 g/mol. The topological polar surface area (TPSA) is 69.4 Å². The molecule has 1 saturated carbocycles. The monoisotopic (exact) mass is 397 g/mol. The summed E-state index contributed by atoms with van der Waals surface area (Å²) in [7, 11) is -0.926. The third-order valence-electron chi connectivity index (χ3n) is 6.12.